The van der Waals surface area contributed by atoms with Gasteiger partial charge in [-0.3, -0.25) is 0 Å². The van der Waals surface area contributed by atoms with Crippen LogP contribution >= 0.6 is 0 Å². The Balaban J connectivity index is 2.57. The molecule has 0 saturated heterocycles. The molecule has 0 radical (unpaired) electrons. The lowest BCUT2D eigenvalue weighted by molar-refractivity contribution is 0.142. The summed E-state index contributed by atoms with van der Waals surface area (Å²) in [7, 11) is 1.70. The highest BCUT2D eigenvalue weighted by molar-refractivity contribution is 5.38. The van der Waals surface area contributed by atoms with E-state index in [1.807, 2.05) is 18.2 Å². The molecule has 0 fully saturated rings. The number of terminal acetylenes is 1. The molecule has 52 valence electrons. The van der Waals surface area contributed by atoms with Gasteiger partial charge in [-0.25, -0.2) is 0 Å². The maximum Gasteiger partial charge on any atom is 0.0790 e. The predicted molar refractivity (Wildman–Crippen MR) is 41.5 cm³/mol. The molecule has 1 unspecified atom stereocenters. The fourth-order valence-corrected chi connectivity index (χ4v) is 0.883. The zero-order valence-corrected chi connectivity index (χ0v) is 6.00. The second-order valence-corrected chi connectivity index (χ2v) is 2.17. The Morgan fingerprint density at radius 2 is 2.60 bits per heavy atom. The molecule has 1 rings (SSSR count). The van der Waals surface area contributed by atoms with Gasteiger partial charge in [0.1, 0.15) is 0 Å². The third kappa shape index (κ3) is 1.49. The Labute approximate surface area is 61.4 Å². The number of ether oxygens (including phenoxy) is 1. The summed E-state index contributed by atoms with van der Waals surface area (Å²) in [6.45, 7) is 0. The van der Waals surface area contributed by atoms with Crippen molar-refractivity contribution in [2.75, 3.05) is 7.11 Å². The Morgan fingerprint density at radius 3 is 3.00 bits per heavy atom. The fourth-order valence-electron chi connectivity index (χ4n) is 0.883. The molecule has 1 aliphatic carbocycles. The molecule has 1 heteroatoms. The molecule has 10 heavy (non-hydrogen) atoms. The van der Waals surface area contributed by atoms with Crippen LogP contribution in [0.5, 0.6) is 0 Å². The third-order valence-electron chi connectivity index (χ3n) is 1.53. The summed E-state index contributed by atoms with van der Waals surface area (Å²) in [4.78, 5) is 0. The molecule has 0 N–H and O–H groups in total. The molecule has 0 heterocycles. The molecule has 0 aromatic carbocycles. The third-order valence-corrected chi connectivity index (χ3v) is 1.53. The van der Waals surface area contributed by atoms with Crippen LogP contribution in [-0.4, -0.2) is 13.2 Å². The lowest BCUT2D eigenvalue weighted by atomic mass is 10.1. The minimum atomic E-state index is 0.220. The Bertz CT molecular complexity index is 205. The molecule has 1 aliphatic rings. The number of rotatable bonds is 1. The summed E-state index contributed by atoms with van der Waals surface area (Å²) in [5, 5.41) is 0. The van der Waals surface area contributed by atoms with Gasteiger partial charge in [0.15, 0.2) is 0 Å². The van der Waals surface area contributed by atoms with Crippen molar-refractivity contribution in [1.29, 1.82) is 0 Å². The Kier molecular flexibility index (Phi) is 2.30. The van der Waals surface area contributed by atoms with Crippen molar-refractivity contribution in [2.45, 2.75) is 12.5 Å². The summed E-state index contributed by atoms with van der Waals surface area (Å²) in [5.74, 6) is 2.57. The summed E-state index contributed by atoms with van der Waals surface area (Å²) in [6, 6.07) is 0. The van der Waals surface area contributed by atoms with Gasteiger partial charge in [0.2, 0.25) is 0 Å². The van der Waals surface area contributed by atoms with Crippen LogP contribution in [0.15, 0.2) is 23.8 Å². The molecule has 0 aromatic rings. The standard InChI is InChI=1S/C9H10O/c1-3-8-4-6-9(10-2)7-5-8/h1,4-6,9H,7H2,2H3. The molecular weight excluding hydrogens is 124 g/mol. The molecule has 1 atom stereocenters. The lowest BCUT2D eigenvalue weighted by Crippen LogP contribution is -2.07. The second kappa shape index (κ2) is 3.24. The largest absolute Gasteiger partial charge is 0.377 e. The first kappa shape index (κ1) is 7.11. The van der Waals surface area contributed by atoms with Gasteiger partial charge in [0.05, 0.1) is 6.10 Å². The highest BCUT2D eigenvalue weighted by Crippen LogP contribution is 2.11. The van der Waals surface area contributed by atoms with Crippen molar-refractivity contribution < 1.29 is 4.74 Å². The molecule has 1 nitrogen and oxygen atoms in total. The van der Waals surface area contributed by atoms with E-state index in [4.69, 9.17) is 11.2 Å². The smallest absolute Gasteiger partial charge is 0.0790 e. The first-order valence-electron chi connectivity index (χ1n) is 3.24. The number of allylic oxidation sites excluding steroid dienone is 2. The van der Waals surface area contributed by atoms with E-state index in [9.17, 15) is 0 Å². The van der Waals surface area contributed by atoms with Crippen LogP contribution < -0.4 is 0 Å². The molecule has 0 aromatic heterocycles. The van der Waals surface area contributed by atoms with Crippen LogP contribution in [0.1, 0.15) is 6.42 Å². The number of hydrogen-bond donors (Lipinski definition) is 0. The van der Waals surface area contributed by atoms with Crippen LogP contribution in [0.4, 0.5) is 0 Å². The van der Waals surface area contributed by atoms with E-state index >= 15 is 0 Å². The van der Waals surface area contributed by atoms with Crippen molar-refractivity contribution in [3.8, 4) is 12.3 Å². The maximum absolute atomic E-state index is 5.18. The van der Waals surface area contributed by atoms with E-state index in [1.54, 1.807) is 7.11 Å². The number of methoxy groups -OCH3 is 1. The van der Waals surface area contributed by atoms with Gasteiger partial charge in [-0.15, -0.1) is 6.42 Å². The fraction of sp³-hybridized carbons (Fsp3) is 0.333. The summed E-state index contributed by atoms with van der Waals surface area (Å²) in [5.41, 5.74) is 0.952. The van der Waals surface area contributed by atoms with Crippen LogP contribution in [-0.2, 0) is 4.74 Å². The highest BCUT2D eigenvalue weighted by Gasteiger charge is 2.04. The Hall–Kier alpha value is -1.00. The minimum absolute atomic E-state index is 0.220. The normalized spacial score (nSPS) is 23.6. The summed E-state index contributed by atoms with van der Waals surface area (Å²) >= 11 is 0. The molecule has 0 amide bonds. The van der Waals surface area contributed by atoms with Gasteiger partial charge in [-0.05, 0) is 12.5 Å². The quantitative estimate of drug-likeness (QED) is 0.494. The monoisotopic (exact) mass is 134 g/mol. The molecule has 0 saturated carbocycles. The van der Waals surface area contributed by atoms with Crippen LogP contribution in [0.3, 0.4) is 0 Å². The average molecular weight is 134 g/mol. The van der Waals surface area contributed by atoms with Crippen molar-refractivity contribution >= 4 is 0 Å². The van der Waals surface area contributed by atoms with Gasteiger partial charge in [0, 0.05) is 12.7 Å². The lowest BCUT2D eigenvalue weighted by Gasteiger charge is -2.11. The van der Waals surface area contributed by atoms with E-state index in [0.29, 0.717) is 0 Å². The molecular formula is C9H10O. The van der Waals surface area contributed by atoms with Gasteiger partial charge < -0.3 is 4.74 Å². The van der Waals surface area contributed by atoms with Crippen molar-refractivity contribution in [2.24, 2.45) is 0 Å². The van der Waals surface area contributed by atoms with E-state index < -0.39 is 0 Å². The van der Waals surface area contributed by atoms with Gasteiger partial charge in [-0.2, -0.15) is 0 Å². The van der Waals surface area contributed by atoms with E-state index in [-0.39, 0.29) is 6.10 Å². The zero-order valence-electron chi connectivity index (χ0n) is 6.00. The van der Waals surface area contributed by atoms with E-state index in [1.165, 1.54) is 0 Å². The van der Waals surface area contributed by atoms with Gasteiger partial charge >= 0.3 is 0 Å². The van der Waals surface area contributed by atoms with Crippen LogP contribution in [0.25, 0.3) is 0 Å². The predicted octanol–water partition coefficient (Wildman–Crippen LogP) is 1.52. The topological polar surface area (TPSA) is 9.23 Å². The van der Waals surface area contributed by atoms with Crippen LogP contribution in [0, 0.1) is 12.3 Å². The molecule has 0 bridgehead atoms. The summed E-state index contributed by atoms with van der Waals surface area (Å²) in [6.07, 6.45) is 12.2. The first-order chi connectivity index (χ1) is 4.86. The first-order valence-corrected chi connectivity index (χ1v) is 3.24. The van der Waals surface area contributed by atoms with Crippen molar-refractivity contribution in [3.63, 3.8) is 0 Å². The van der Waals surface area contributed by atoms with Crippen LogP contribution in [0.2, 0.25) is 0 Å². The molecule has 0 aliphatic heterocycles. The average Bonchev–Trinajstić information content (AvgIpc) is 2.05. The number of hydrogen-bond acceptors (Lipinski definition) is 1. The zero-order chi connectivity index (χ0) is 7.40. The van der Waals surface area contributed by atoms with Crippen molar-refractivity contribution in [1.82, 2.24) is 0 Å². The van der Waals surface area contributed by atoms with E-state index in [2.05, 4.69) is 5.92 Å². The summed E-state index contributed by atoms with van der Waals surface area (Å²) < 4.78 is 5.08. The molecule has 0 spiro atoms. The maximum atomic E-state index is 5.18. The van der Waals surface area contributed by atoms with Gasteiger partial charge in [0.25, 0.3) is 0 Å². The SMILES string of the molecule is C#CC1=CCC(OC)C=C1. The van der Waals surface area contributed by atoms with Gasteiger partial charge in [-0.1, -0.05) is 18.1 Å². The van der Waals surface area contributed by atoms with Crippen molar-refractivity contribution in [3.05, 3.63) is 23.8 Å². The second-order valence-electron chi connectivity index (χ2n) is 2.17. The Morgan fingerprint density at radius 1 is 1.80 bits per heavy atom. The minimum Gasteiger partial charge on any atom is -0.377 e. The highest BCUT2D eigenvalue weighted by atomic mass is 16.5. The van der Waals surface area contributed by atoms with E-state index in [0.717, 1.165) is 12.0 Å².